The van der Waals surface area contributed by atoms with Crippen molar-refractivity contribution in [1.29, 1.82) is 0 Å². The van der Waals surface area contributed by atoms with Gasteiger partial charge < -0.3 is 0 Å². The van der Waals surface area contributed by atoms with Gasteiger partial charge in [0.1, 0.15) is 5.78 Å². The molecule has 2 aliphatic carbocycles. The Labute approximate surface area is 87.4 Å². The number of hydrogen-bond donors (Lipinski definition) is 0. The Balaban J connectivity index is 2.46. The highest BCUT2D eigenvalue weighted by Crippen LogP contribution is 2.64. The van der Waals surface area contributed by atoms with E-state index < -0.39 is 0 Å². The first-order chi connectivity index (χ1) is 5.54. The molecule has 0 heterocycles. The van der Waals surface area contributed by atoms with Gasteiger partial charge in [-0.2, -0.15) is 0 Å². The fraction of sp³-hybridized carbons (Fsp3) is 0.900. The number of carbonyl (C=O) groups excluding carboxylic acids is 1. The molecular weight excluding hydrogens is 263 g/mol. The summed E-state index contributed by atoms with van der Waals surface area (Å²) >= 11 is 2.39. The molecule has 0 spiro atoms. The van der Waals surface area contributed by atoms with E-state index >= 15 is 0 Å². The average molecular weight is 278 g/mol. The summed E-state index contributed by atoms with van der Waals surface area (Å²) in [4.78, 5) is 11.8. The molecule has 1 nitrogen and oxygen atoms in total. The third kappa shape index (κ3) is 0.777. The lowest BCUT2D eigenvalue weighted by Gasteiger charge is -2.34. The topological polar surface area (TPSA) is 17.1 Å². The summed E-state index contributed by atoms with van der Waals surface area (Å²) in [6.45, 7) is 4.57. The second-order valence-electron chi connectivity index (χ2n) is 4.80. The SMILES string of the molecule is CC1(C)C2CC[C@@]1(CI)C(=O)C2. The van der Waals surface area contributed by atoms with Crippen molar-refractivity contribution in [2.24, 2.45) is 16.7 Å². The number of fused-ring (bicyclic) bond motifs is 2. The zero-order valence-electron chi connectivity index (χ0n) is 7.69. The Morgan fingerprint density at radius 2 is 2.25 bits per heavy atom. The van der Waals surface area contributed by atoms with Crippen LogP contribution in [0, 0.1) is 16.7 Å². The van der Waals surface area contributed by atoms with Crippen LogP contribution in [0.5, 0.6) is 0 Å². The number of ketones is 1. The fourth-order valence-electron chi connectivity index (χ4n) is 3.08. The molecule has 2 aliphatic rings. The van der Waals surface area contributed by atoms with E-state index in [1.165, 1.54) is 6.42 Å². The second-order valence-corrected chi connectivity index (χ2v) is 5.56. The molecule has 2 rings (SSSR count). The van der Waals surface area contributed by atoms with Crippen LogP contribution in [0.2, 0.25) is 0 Å². The Morgan fingerprint density at radius 1 is 1.58 bits per heavy atom. The van der Waals surface area contributed by atoms with Crippen molar-refractivity contribution >= 4 is 28.4 Å². The molecule has 2 heteroatoms. The first-order valence-electron chi connectivity index (χ1n) is 4.64. The summed E-state index contributed by atoms with van der Waals surface area (Å²) in [5, 5.41) is 0. The van der Waals surface area contributed by atoms with E-state index in [9.17, 15) is 4.79 Å². The van der Waals surface area contributed by atoms with E-state index in [-0.39, 0.29) is 10.8 Å². The quantitative estimate of drug-likeness (QED) is 0.532. The number of halogens is 1. The van der Waals surface area contributed by atoms with Gasteiger partial charge in [-0.3, -0.25) is 4.79 Å². The monoisotopic (exact) mass is 278 g/mol. The van der Waals surface area contributed by atoms with Crippen LogP contribution in [-0.4, -0.2) is 10.2 Å². The Kier molecular flexibility index (Phi) is 1.84. The number of hydrogen-bond acceptors (Lipinski definition) is 1. The molecule has 2 atom stereocenters. The molecule has 2 fully saturated rings. The van der Waals surface area contributed by atoms with Crippen molar-refractivity contribution in [3.63, 3.8) is 0 Å². The third-order valence-electron chi connectivity index (χ3n) is 4.37. The van der Waals surface area contributed by atoms with E-state index in [2.05, 4.69) is 36.4 Å². The van der Waals surface area contributed by atoms with Gasteiger partial charge in [0.25, 0.3) is 0 Å². The van der Waals surface area contributed by atoms with Gasteiger partial charge in [-0.15, -0.1) is 0 Å². The van der Waals surface area contributed by atoms with Crippen molar-refractivity contribution in [3.05, 3.63) is 0 Å². The number of carbonyl (C=O) groups is 1. The summed E-state index contributed by atoms with van der Waals surface area (Å²) in [5.41, 5.74) is 0.337. The maximum absolute atomic E-state index is 11.8. The first-order valence-corrected chi connectivity index (χ1v) is 6.16. The minimum atomic E-state index is 0.0538. The predicted octanol–water partition coefficient (Wildman–Crippen LogP) is 2.82. The van der Waals surface area contributed by atoms with Crippen LogP contribution in [0.3, 0.4) is 0 Å². The highest BCUT2D eigenvalue weighted by molar-refractivity contribution is 14.1. The molecule has 1 unspecified atom stereocenters. The third-order valence-corrected chi connectivity index (χ3v) is 5.67. The van der Waals surface area contributed by atoms with Gasteiger partial charge in [-0.25, -0.2) is 0 Å². The van der Waals surface area contributed by atoms with Crippen LogP contribution in [0.1, 0.15) is 33.1 Å². The van der Waals surface area contributed by atoms with Crippen LogP contribution in [0.4, 0.5) is 0 Å². The molecule has 68 valence electrons. The normalized spacial score (nSPS) is 43.9. The molecule has 0 aromatic carbocycles. The van der Waals surface area contributed by atoms with Crippen LogP contribution >= 0.6 is 22.6 Å². The minimum Gasteiger partial charge on any atom is -0.299 e. The smallest absolute Gasteiger partial charge is 0.140 e. The van der Waals surface area contributed by atoms with Crippen LogP contribution < -0.4 is 0 Å². The lowest BCUT2D eigenvalue weighted by molar-refractivity contribution is -0.127. The molecule has 0 aliphatic heterocycles. The minimum absolute atomic E-state index is 0.0538. The van der Waals surface area contributed by atoms with Crippen LogP contribution in [-0.2, 0) is 4.79 Å². The molecular formula is C10H15IO. The van der Waals surface area contributed by atoms with Gasteiger partial charge in [0.2, 0.25) is 0 Å². The molecule has 0 amide bonds. The number of Topliss-reactive ketones (excluding diaryl/α,β-unsaturated/α-hetero) is 1. The predicted molar refractivity (Wildman–Crippen MR) is 57.4 cm³/mol. The van der Waals surface area contributed by atoms with Gasteiger partial charge >= 0.3 is 0 Å². The Morgan fingerprint density at radius 3 is 2.50 bits per heavy atom. The zero-order valence-corrected chi connectivity index (χ0v) is 9.85. The second kappa shape index (κ2) is 2.46. The number of alkyl halides is 1. The Hall–Kier alpha value is 0.400. The van der Waals surface area contributed by atoms with E-state index in [0.717, 1.165) is 17.3 Å². The maximum Gasteiger partial charge on any atom is 0.140 e. The largest absolute Gasteiger partial charge is 0.299 e. The number of rotatable bonds is 1. The van der Waals surface area contributed by atoms with Crippen molar-refractivity contribution < 1.29 is 4.79 Å². The lowest BCUT2D eigenvalue weighted by atomic mass is 9.70. The fourth-order valence-corrected chi connectivity index (χ4v) is 4.87. The van der Waals surface area contributed by atoms with Crippen LogP contribution in [0.25, 0.3) is 0 Å². The lowest BCUT2D eigenvalue weighted by Crippen LogP contribution is -2.37. The van der Waals surface area contributed by atoms with E-state index in [4.69, 9.17) is 0 Å². The maximum atomic E-state index is 11.8. The summed E-state index contributed by atoms with van der Waals surface area (Å²) < 4.78 is 1.02. The highest BCUT2D eigenvalue weighted by atomic mass is 127. The molecule has 0 aromatic heterocycles. The molecule has 0 N–H and O–H groups in total. The summed E-state index contributed by atoms with van der Waals surface area (Å²) in [5.74, 6) is 1.22. The van der Waals surface area contributed by atoms with E-state index in [1.54, 1.807) is 0 Å². The highest BCUT2D eigenvalue weighted by Gasteiger charge is 2.63. The standard InChI is InChI=1S/C10H15IO/c1-9(2)7-3-4-10(9,6-11)8(12)5-7/h7H,3-6H2,1-2H3/t7?,10-/m1/s1. The molecule has 12 heavy (non-hydrogen) atoms. The van der Waals surface area contributed by atoms with Gasteiger partial charge in [0.15, 0.2) is 0 Å². The van der Waals surface area contributed by atoms with Crippen molar-refractivity contribution in [2.75, 3.05) is 4.43 Å². The van der Waals surface area contributed by atoms with Crippen molar-refractivity contribution in [2.45, 2.75) is 33.1 Å². The van der Waals surface area contributed by atoms with E-state index in [1.807, 2.05) is 0 Å². The van der Waals surface area contributed by atoms with Crippen molar-refractivity contribution in [1.82, 2.24) is 0 Å². The van der Waals surface area contributed by atoms with Gasteiger partial charge in [0, 0.05) is 16.3 Å². The molecule has 0 aromatic rings. The first kappa shape index (κ1) is 8.97. The van der Waals surface area contributed by atoms with E-state index in [0.29, 0.717) is 11.7 Å². The summed E-state index contributed by atoms with van der Waals surface area (Å²) in [6, 6.07) is 0. The molecule has 2 bridgehead atoms. The van der Waals surface area contributed by atoms with Gasteiger partial charge in [-0.1, -0.05) is 36.4 Å². The van der Waals surface area contributed by atoms with Gasteiger partial charge in [0.05, 0.1) is 0 Å². The zero-order chi connectivity index (χ0) is 8.98. The molecule has 0 saturated heterocycles. The molecule has 2 saturated carbocycles. The molecule has 0 radical (unpaired) electrons. The summed E-state index contributed by atoms with van der Waals surface area (Å²) in [6.07, 6.45) is 3.28. The van der Waals surface area contributed by atoms with Crippen molar-refractivity contribution in [3.8, 4) is 0 Å². The Bertz CT molecular complexity index is 234. The average Bonchev–Trinajstić information content (AvgIpc) is 2.36. The van der Waals surface area contributed by atoms with Gasteiger partial charge in [-0.05, 0) is 24.2 Å². The summed E-state index contributed by atoms with van der Waals surface area (Å²) in [7, 11) is 0. The van der Waals surface area contributed by atoms with Crippen LogP contribution in [0.15, 0.2) is 0 Å².